The fraction of sp³-hybridized carbons (Fsp3) is 0.364. The molecular formula is C11H13N3. The van der Waals surface area contributed by atoms with E-state index in [0.717, 1.165) is 24.2 Å². The SMILES string of the molecule is Cc1ncc2cc(C3(N)CC3)ccn12. The van der Waals surface area contributed by atoms with Crippen LogP contribution in [0.1, 0.15) is 24.2 Å². The highest BCUT2D eigenvalue weighted by molar-refractivity contribution is 5.50. The zero-order valence-electron chi connectivity index (χ0n) is 8.20. The first kappa shape index (κ1) is 8.00. The molecule has 0 unspecified atom stereocenters. The summed E-state index contributed by atoms with van der Waals surface area (Å²) < 4.78 is 2.08. The number of fused-ring (bicyclic) bond motifs is 1. The third-order valence-corrected chi connectivity index (χ3v) is 3.08. The van der Waals surface area contributed by atoms with Crippen molar-refractivity contribution in [3.63, 3.8) is 0 Å². The molecule has 0 atom stereocenters. The van der Waals surface area contributed by atoms with Crippen LogP contribution in [0, 0.1) is 6.92 Å². The summed E-state index contributed by atoms with van der Waals surface area (Å²) in [5.74, 6) is 1.02. The van der Waals surface area contributed by atoms with Crippen molar-refractivity contribution in [3.8, 4) is 0 Å². The van der Waals surface area contributed by atoms with E-state index >= 15 is 0 Å². The van der Waals surface area contributed by atoms with Crippen LogP contribution in [0.25, 0.3) is 5.52 Å². The number of aromatic nitrogens is 2. The van der Waals surface area contributed by atoms with Crippen molar-refractivity contribution in [3.05, 3.63) is 35.9 Å². The first-order valence-electron chi connectivity index (χ1n) is 4.92. The molecular weight excluding hydrogens is 174 g/mol. The topological polar surface area (TPSA) is 43.3 Å². The fourth-order valence-electron chi connectivity index (χ4n) is 1.87. The molecule has 1 aliphatic carbocycles. The molecule has 3 rings (SSSR count). The van der Waals surface area contributed by atoms with E-state index in [1.165, 1.54) is 5.56 Å². The second-order valence-corrected chi connectivity index (χ2v) is 4.17. The summed E-state index contributed by atoms with van der Waals surface area (Å²) in [6, 6.07) is 4.25. The molecule has 0 radical (unpaired) electrons. The van der Waals surface area contributed by atoms with E-state index in [-0.39, 0.29) is 5.54 Å². The third-order valence-electron chi connectivity index (χ3n) is 3.08. The van der Waals surface area contributed by atoms with Gasteiger partial charge in [0.1, 0.15) is 5.82 Å². The van der Waals surface area contributed by atoms with Gasteiger partial charge in [-0.3, -0.25) is 0 Å². The van der Waals surface area contributed by atoms with Gasteiger partial charge in [-0.1, -0.05) is 0 Å². The van der Waals surface area contributed by atoms with E-state index in [1.54, 1.807) is 0 Å². The Bertz CT molecular complexity index is 494. The average Bonchev–Trinajstić information content (AvgIpc) is 2.84. The number of aryl methyl sites for hydroxylation is 1. The zero-order chi connectivity index (χ0) is 9.76. The molecule has 0 aromatic carbocycles. The molecule has 0 spiro atoms. The van der Waals surface area contributed by atoms with Gasteiger partial charge in [-0.05, 0) is 37.5 Å². The van der Waals surface area contributed by atoms with Gasteiger partial charge in [0.25, 0.3) is 0 Å². The molecule has 72 valence electrons. The summed E-state index contributed by atoms with van der Waals surface area (Å²) in [7, 11) is 0. The molecule has 0 bridgehead atoms. The number of nitrogens with zero attached hydrogens (tertiary/aromatic N) is 2. The van der Waals surface area contributed by atoms with E-state index in [4.69, 9.17) is 5.73 Å². The minimum atomic E-state index is -0.0417. The third kappa shape index (κ3) is 0.990. The first-order valence-corrected chi connectivity index (χ1v) is 4.92. The molecule has 2 N–H and O–H groups in total. The number of imidazole rings is 1. The lowest BCUT2D eigenvalue weighted by molar-refractivity contribution is 0.738. The Morgan fingerprint density at radius 2 is 2.29 bits per heavy atom. The van der Waals surface area contributed by atoms with Crippen molar-refractivity contribution < 1.29 is 0 Å². The number of rotatable bonds is 1. The van der Waals surface area contributed by atoms with Crippen LogP contribution in [0.4, 0.5) is 0 Å². The van der Waals surface area contributed by atoms with Crippen LogP contribution in [-0.2, 0) is 5.54 Å². The van der Waals surface area contributed by atoms with Gasteiger partial charge in [0, 0.05) is 11.7 Å². The fourth-order valence-corrected chi connectivity index (χ4v) is 1.87. The Hall–Kier alpha value is -1.35. The molecule has 2 aromatic rings. The number of pyridine rings is 1. The van der Waals surface area contributed by atoms with Crippen LogP contribution in [0.3, 0.4) is 0 Å². The van der Waals surface area contributed by atoms with Crippen molar-refractivity contribution in [1.29, 1.82) is 0 Å². The van der Waals surface area contributed by atoms with E-state index < -0.39 is 0 Å². The summed E-state index contributed by atoms with van der Waals surface area (Å²) in [4.78, 5) is 4.26. The summed E-state index contributed by atoms with van der Waals surface area (Å²) in [6.07, 6.45) is 6.16. The van der Waals surface area contributed by atoms with Crippen molar-refractivity contribution >= 4 is 5.52 Å². The smallest absolute Gasteiger partial charge is 0.110 e. The minimum absolute atomic E-state index is 0.0417. The van der Waals surface area contributed by atoms with E-state index in [1.807, 2.05) is 13.1 Å². The first-order chi connectivity index (χ1) is 6.69. The van der Waals surface area contributed by atoms with Crippen molar-refractivity contribution in [2.45, 2.75) is 25.3 Å². The Morgan fingerprint density at radius 1 is 1.50 bits per heavy atom. The molecule has 2 aromatic heterocycles. The van der Waals surface area contributed by atoms with Gasteiger partial charge in [-0.15, -0.1) is 0 Å². The van der Waals surface area contributed by atoms with Crippen LogP contribution in [0.5, 0.6) is 0 Å². The maximum Gasteiger partial charge on any atom is 0.110 e. The predicted octanol–water partition coefficient (Wildman–Crippen LogP) is 1.59. The Labute approximate surface area is 82.6 Å². The molecule has 0 saturated heterocycles. The van der Waals surface area contributed by atoms with Crippen LogP contribution in [0.2, 0.25) is 0 Å². The Morgan fingerprint density at radius 3 is 3.00 bits per heavy atom. The van der Waals surface area contributed by atoms with Gasteiger partial charge in [0.2, 0.25) is 0 Å². The molecule has 3 nitrogen and oxygen atoms in total. The number of nitrogens with two attached hydrogens (primary N) is 1. The minimum Gasteiger partial charge on any atom is -0.321 e. The van der Waals surface area contributed by atoms with Crippen LogP contribution in [-0.4, -0.2) is 9.38 Å². The monoisotopic (exact) mass is 187 g/mol. The quantitative estimate of drug-likeness (QED) is 0.736. The zero-order valence-corrected chi connectivity index (χ0v) is 8.20. The molecule has 0 aliphatic heterocycles. The van der Waals surface area contributed by atoms with Gasteiger partial charge in [-0.25, -0.2) is 4.98 Å². The van der Waals surface area contributed by atoms with Gasteiger partial charge >= 0.3 is 0 Å². The lowest BCUT2D eigenvalue weighted by atomic mass is 10.1. The summed E-state index contributed by atoms with van der Waals surface area (Å²) >= 11 is 0. The van der Waals surface area contributed by atoms with Gasteiger partial charge in [0.15, 0.2) is 0 Å². The number of hydrogen-bond donors (Lipinski definition) is 1. The molecule has 1 saturated carbocycles. The highest BCUT2D eigenvalue weighted by Gasteiger charge is 2.39. The average molecular weight is 187 g/mol. The Kier molecular flexibility index (Phi) is 1.35. The van der Waals surface area contributed by atoms with Crippen LogP contribution < -0.4 is 5.73 Å². The largest absolute Gasteiger partial charge is 0.321 e. The Balaban J connectivity index is 2.21. The molecule has 1 fully saturated rings. The van der Waals surface area contributed by atoms with E-state index in [0.29, 0.717) is 0 Å². The summed E-state index contributed by atoms with van der Waals surface area (Å²) in [5, 5.41) is 0. The second-order valence-electron chi connectivity index (χ2n) is 4.17. The highest BCUT2D eigenvalue weighted by Crippen LogP contribution is 2.42. The predicted molar refractivity (Wildman–Crippen MR) is 55.0 cm³/mol. The second kappa shape index (κ2) is 2.36. The number of hydrogen-bond acceptors (Lipinski definition) is 2. The summed E-state index contributed by atoms with van der Waals surface area (Å²) in [6.45, 7) is 2.00. The van der Waals surface area contributed by atoms with Crippen LogP contribution in [0.15, 0.2) is 24.5 Å². The van der Waals surface area contributed by atoms with E-state index in [2.05, 4.69) is 27.7 Å². The lowest BCUT2D eigenvalue weighted by Crippen LogP contribution is -2.18. The van der Waals surface area contributed by atoms with Gasteiger partial charge in [-0.2, -0.15) is 0 Å². The molecule has 2 heterocycles. The van der Waals surface area contributed by atoms with Gasteiger partial charge < -0.3 is 10.1 Å². The van der Waals surface area contributed by atoms with Crippen molar-refractivity contribution in [2.75, 3.05) is 0 Å². The normalized spacial score (nSPS) is 18.7. The van der Waals surface area contributed by atoms with Crippen LogP contribution >= 0.6 is 0 Å². The van der Waals surface area contributed by atoms with Crippen molar-refractivity contribution in [2.24, 2.45) is 5.73 Å². The maximum absolute atomic E-state index is 6.14. The maximum atomic E-state index is 6.14. The van der Waals surface area contributed by atoms with Gasteiger partial charge in [0.05, 0.1) is 11.7 Å². The molecule has 1 aliphatic rings. The van der Waals surface area contributed by atoms with Crippen molar-refractivity contribution in [1.82, 2.24) is 9.38 Å². The molecule has 14 heavy (non-hydrogen) atoms. The van der Waals surface area contributed by atoms with E-state index in [9.17, 15) is 0 Å². The lowest BCUT2D eigenvalue weighted by Gasteiger charge is -2.09. The molecule has 3 heteroatoms. The standard InChI is InChI=1S/C11H13N3/c1-8-13-7-10-6-9(2-5-14(8)10)11(12)3-4-11/h2,5-7H,3-4,12H2,1H3. The summed E-state index contributed by atoms with van der Waals surface area (Å²) in [5.41, 5.74) is 8.47. The highest BCUT2D eigenvalue weighted by atomic mass is 15.0. The molecule has 0 amide bonds.